The summed E-state index contributed by atoms with van der Waals surface area (Å²) in [5, 5.41) is 0. The van der Waals surface area contributed by atoms with E-state index >= 15 is 0 Å². The van der Waals surface area contributed by atoms with Crippen molar-refractivity contribution in [2.45, 2.75) is 221 Å². The molecule has 1 aliphatic rings. The van der Waals surface area contributed by atoms with Gasteiger partial charge in [0.1, 0.15) is 23.0 Å². The minimum absolute atomic E-state index is 0.0310. The first-order valence-electron chi connectivity index (χ1n) is 36.5. The minimum atomic E-state index is -0.668. The van der Waals surface area contributed by atoms with Crippen LogP contribution < -0.4 is 18.9 Å². The van der Waals surface area contributed by atoms with Crippen LogP contribution in [0.2, 0.25) is 0 Å². The van der Waals surface area contributed by atoms with Crippen LogP contribution in [-0.4, -0.2) is 102 Å². The second kappa shape index (κ2) is 47.7. The van der Waals surface area contributed by atoms with E-state index in [1.54, 1.807) is 13.8 Å². The summed E-state index contributed by atoms with van der Waals surface area (Å²) in [6, 6.07) is 18.4. The van der Waals surface area contributed by atoms with Crippen molar-refractivity contribution >= 4 is 35.8 Å². The molecule has 0 saturated heterocycles. The predicted molar refractivity (Wildman–Crippen MR) is 385 cm³/mol. The number of ether oxygens (including phenoxy) is 10. The minimum Gasteiger partial charge on any atom is -0.493 e. The summed E-state index contributed by atoms with van der Waals surface area (Å²) < 4.78 is 60.6. The van der Waals surface area contributed by atoms with Gasteiger partial charge < -0.3 is 47.4 Å². The molecule has 4 aromatic carbocycles. The van der Waals surface area contributed by atoms with Gasteiger partial charge in [-0.3, -0.25) is 0 Å². The lowest BCUT2D eigenvalue weighted by molar-refractivity contribution is -0.140. The van der Waals surface area contributed by atoms with Crippen molar-refractivity contribution in [3.8, 4) is 23.0 Å². The fourth-order valence-electron chi connectivity index (χ4n) is 12.0. The Kier molecular flexibility index (Phi) is 39.2. The fraction of sp³-hybridized carbons (Fsp3) is 0.537. The Morgan fingerprint density at radius 2 is 0.500 bits per heavy atom. The molecular weight excluding hydrogens is 1240 g/mol. The normalized spacial score (nSPS) is 11.8. The Balaban J connectivity index is 1.88. The second-order valence-corrected chi connectivity index (χ2v) is 25.0. The molecule has 0 N–H and O–H groups in total. The molecule has 0 atom stereocenters. The summed E-state index contributed by atoms with van der Waals surface area (Å²) in [5.41, 5.74) is 12.5. The van der Waals surface area contributed by atoms with Gasteiger partial charge in [-0.05, 0) is 132 Å². The first kappa shape index (κ1) is 80.5. The third-order valence-corrected chi connectivity index (χ3v) is 16.7. The van der Waals surface area contributed by atoms with Crippen LogP contribution in [0.5, 0.6) is 23.0 Å². The van der Waals surface area contributed by atoms with E-state index in [0.29, 0.717) is 62.9 Å². The highest BCUT2D eigenvalue weighted by molar-refractivity contribution is 5.92. The summed E-state index contributed by atoms with van der Waals surface area (Å²) in [7, 11) is 0. The van der Waals surface area contributed by atoms with Crippen LogP contribution in [-0.2, 0) is 109 Å². The average Bonchev–Trinajstić information content (AvgIpc) is 0.781. The van der Waals surface area contributed by atoms with Gasteiger partial charge in [0, 0.05) is 87.8 Å². The molecule has 536 valence electrons. The number of hydrogen-bond donors (Lipinski definition) is 0. The number of rotatable bonds is 48. The Hall–Kier alpha value is -8.14. The molecule has 16 heteroatoms. The van der Waals surface area contributed by atoms with Gasteiger partial charge in [-0.2, -0.15) is 0 Å². The van der Waals surface area contributed by atoms with E-state index in [1.165, 1.54) is 22.3 Å². The third-order valence-electron chi connectivity index (χ3n) is 16.7. The number of unbranched alkanes of at least 4 members (excludes halogenated alkanes) is 12. The van der Waals surface area contributed by atoms with Crippen molar-refractivity contribution in [2.75, 3.05) is 66.1 Å². The maximum atomic E-state index is 12.9. The monoisotopic (exact) mass is 1350 g/mol. The molecule has 5 rings (SSSR count). The van der Waals surface area contributed by atoms with Gasteiger partial charge in [0.15, 0.2) is 0 Å². The zero-order valence-corrected chi connectivity index (χ0v) is 59.9. The van der Waals surface area contributed by atoms with Crippen molar-refractivity contribution in [2.24, 2.45) is 0 Å². The Morgan fingerprint density at radius 3 is 0.704 bits per heavy atom. The molecule has 0 aromatic heterocycles. The second-order valence-electron chi connectivity index (χ2n) is 25.0. The largest absolute Gasteiger partial charge is 0.493 e. The van der Waals surface area contributed by atoms with E-state index in [1.807, 2.05) is 0 Å². The molecule has 98 heavy (non-hydrogen) atoms. The van der Waals surface area contributed by atoms with E-state index in [4.69, 9.17) is 47.4 Å². The van der Waals surface area contributed by atoms with Crippen molar-refractivity contribution in [3.63, 3.8) is 0 Å². The molecule has 8 bridgehead atoms. The number of carbonyl (C=O) groups excluding carboxylic acids is 6. The summed E-state index contributed by atoms with van der Waals surface area (Å²) in [6.07, 6.45) is 30.3. The van der Waals surface area contributed by atoms with E-state index in [2.05, 4.69) is 89.4 Å². The van der Waals surface area contributed by atoms with Crippen molar-refractivity contribution in [3.05, 3.63) is 165 Å². The van der Waals surface area contributed by atoms with Crippen LogP contribution in [0.3, 0.4) is 0 Å². The van der Waals surface area contributed by atoms with E-state index in [9.17, 15) is 28.8 Å². The van der Waals surface area contributed by atoms with Crippen LogP contribution in [0.1, 0.15) is 237 Å². The molecule has 0 aliphatic heterocycles. The number of hydrogen-bond acceptors (Lipinski definition) is 16. The molecule has 0 heterocycles. The first-order chi connectivity index (χ1) is 47.8. The third kappa shape index (κ3) is 30.3. The van der Waals surface area contributed by atoms with Gasteiger partial charge in [-0.1, -0.05) is 166 Å². The van der Waals surface area contributed by atoms with Crippen LogP contribution in [0, 0.1) is 0 Å². The highest BCUT2D eigenvalue weighted by Crippen LogP contribution is 2.42. The zero-order valence-electron chi connectivity index (χ0n) is 59.9. The van der Waals surface area contributed by atoms with Crippen molar-refractivity contribution in [1.29, 1.82) is 0 Å². The molecular formula is C82H112O16. The topological polar surface area (TPSA) is 195 Å². The van der Waals surface area contributed by atoms with E-state index < -0.39 is 35.8 Å². The molecule has 1 aliphatic carbocycles. The van der Waals surface area contributed by atoms with Crippen molar-refractivity contribution < 1.29 is 76.1 Å². The van der Waals surface area contributed by atoms with Gasteiger partial charge in [-0.25, -0.2) is 28.8 Å². The number of esters is 6. The van der Waals surface area contributed by atoms with Gasteiger partial charge in [0.05, 0.1) is 66.1 Å². The lowest BCUT2D eigenvalue weighted by atomic mass is 9.87. The highest BCUT2D eigenvalue weighted by Gasteiger charge is 2.26. The van der Waals surface area contributed by atoms with Gasteiger partial charge in [0.2, 0.25) is 0 Å². The Bertz CT molecular complexity index is 3000. The highest BCUT2D eigenvalue weighted by atomic mass is 16.6. The molecule has 0 fully saturated rings. The van der Waals surface area contributed by atoms with Crippen LogP contribution in [0.4, 0.5) is 0 Å². The Labute approximate surface area is 584 Å². The maximum absolute atomic E-state index is 12.9. The zero-order chi connectivity index (χ0) is 70.5. The lowest BCUT2D eigenvalue weighted by Gasteiger charge is -2.25. The maximum Gasteiger partial charge on any atom is 0.331 e. The van der Waals surface area contributed by atoms with Crippen LogP contribution in [0.25, 0.3) is 0 Å². The number of carbonyl (C=O) groups is 6. The predicted octanol–water partition coefficient (Wildman–Crippen LogP) is 16.7. The molecule has 0 spiro atoms. The number of fused-ring (bicyclic) bond motifs is 8. The lowest BCUT2D eigenvalue weighted by Crippen LogP contribution is -2.14. The molecule has 0 unspecified atom stereocenters. The molecule has 0 saturated carbocycles. The van der Waals surface area contributed by atoms with Crippen LogP contribution >= 0.6 is 0 Å². The molecule has 0 amide bonds. The Morgan fingerprint density at radius 1 is 0.286 bits per heavy atom. The summed E-state index contributed by atoms with van der Waals surface area (Å²) in [5.74, 6) is -0.719. The number of aryl methyl sites for hydroxylation is 4. The van der Waals surface area contributed by atoms with E-state index in [-0.39, 0.29) is 66.1 Å². The van der Waals surface area contributed by atoms with Gasteiger partial charge in [-0.15, -0.1) is 0 Å². The average molecular weight is 1350 g/mol. The van der Waals surface area contributed by atoms with Gasteiger partial charge >= 0.3 is 35.8 Å². The molecule has 0 radical (unpaired) electrons. The quantitative estimate of drug-likeness (QED) is 0.0154. The summed E-state index contributed by atoms with van der Waals surface area (Å²) >= 11 is 0. The van der Waals surface area contributed by atoms with Gasteiger partial charge in [0.25, 0.3) is 0 Å². The number of benzene rings is 4. The fourth-order valence-corrected chi connectivity index (χ4v) is 12.0. The molecule has 16 nitrogen and oxygen atoms in total. The van der Waals surface area contributed by atoms with E-state index in [0.717, 1.165) is 221 Å². The summed E-state index contributed by atoms with van der Waals surface area (Å²) in [4.78, 5) is 74.5. The standard InChI is InChI=1S/C82H112O16/c1-9-17-21-25-33-61-49-65-57-66-50-62(34-26-22-18-10-2)52-68(80(66)96-46-30-42-92-74(84)14-6)59-70-54-64(36-28-24-20-12-4)56-72(82(70)98-48-32-44-94-78(88)40-38-76(86)90-16-8)60-71-55-63(35-27-23-19-11-3)53-69(58-67(51-61)79(65)95-45-29-41-91-73(83)13-5)81(71)97-47-31-43-93-77(87)39-37-75(85)89-15-7/h13-14,37-40,49-56H,5-6,9-12,15-36,41-48,57-60H2,1-4,7-8H3/b39-37-,40-38-. The van der Waals surface area contributed by atoms with Crippen molar-refractivity contribution in [1.82, 2.24) is 0 Å². The first-order valence-corrected chi connectivity index (χ1v) is 36.5. The SMILES string of the molecule is C=CC(=O)OCCCOc1c2cc(CCCCCC)cc1Cc1cc(CCCCCC)cc(c1OCCCOC(=O)/C=C\C(=O)OCC)Cc1cc(CCCCCC)cc(c1OCCCOC(=O)/C=C\C(=O)OCC)Cc1cc(CCCCCC)cc(c1OCCCOC(=O)C=C)C2. The van der Waals surface area contributed by atoms with Crippen LogP contribution in [0.15, 0.2) is 98.1 Å². The molecule has 4 aromatic rings. The smallest absolute Gasteiger partial charge is 0.331 e. The summed E-state index contributed by atoms with van der Waals surface area (Å²) in [6.45, 7) is 21.1.